The molecule has 3 saturated carbocycles. The van der Waals surface area contributed by atoms with Crippen molar-refractivity contribution >= 4 is 5.97 Å². The first-order valence-electron chi connectivity index (χ1n) is 14.9. The Bertz CT molecular complexity index is 491. The van der Waals surface area contributed by atoms with Crippen molar-refractivity contribution < 1.29 is 9.53 Å². The summed E-state index contributed by atoms with van der Waals surface area (Å²) in [7, 11) is 0. The monoisotopic (exact) mass is 446 g/mol. The first-order valence-corrected chi connectivity index (χ1v) is 14.9. The third kappa shape index (κ3) is 8.68. The highest BCUT2D eigenvalue weighted by Crippen LogP contribution is 2.43. The summed E-state index contributed by atoms with van der Waals surface area (Å²) in [5, 5.41) is 0. The molecule has 2 heteroatoms. The molecule has 0 bridgehead atoms. The van der Waals surface area contributed by atoms with Gasteiger partial charge >= 0.3 is 5.97 Å². The normalized spacial score (nSPS) is 33.7. The minimum atomic E-state index is 0.147. The molecule has 186 valence electrons. The molecule has 0 N–H and O–H groups in total. The molecule has 3 fully saturated rings. The Hall–Kier alpha value is -0.530. The van der Waals surface area contributed by atoms with E-state index in [9.17, 15) is 4.79 Å². The van der Waals surface area contributed by atoms with Crippen LogP contribution >= 0.6 is 0 Å². The van der Waals surface area contributed by atoms with E-state index in [0.29, 0.717) is 0 Å². The lowest BCUT2D eigenvalue weighted by Crippen LogP contribution is -2.32. The number of rotatable bonds is 12. The number of ether oxygens (including phenoxy) is 1. The van der Waals surface area contributed by atoms with Crippen LogP contribution in [0.5, 0.6) is 0 Å². The standard InChI is InChI=1S/C30H54O2/c1-3-5-7-9-11-24-12-16-26(17-13-24)27-18-20-28(21-19-27)30(31)32-29-22-14-25(15-23-29)10-8-6-4-2/h24-29H,3-23H2,1-2H3. The zero-order valence-electron chi connectivity index (χ0n) is 21.6. The third-order valence-electron chi connectivity index (χ3n) is 9.42. The Morgan fingerprint density at radius 2 is 1.06 bits per heavy atom. The number of carbonyl (C=O) groups is 1. The van der Waals surface area contributed by atoms with Gasteiger partial charge < -0.3 is 4.74 Å². The summed E-state index contributed by atoms with van der Waals surface area (Å²) in [4.78, 5) is 12.8. The van der Waals surface area contributed by atoms with Crippen molar-refractivity contribution in [1.82, 2.24) is 0 Å². The highest BCUT2D eigenvalue weighted by Gasteiger charge is 2.34. The van der Waals surface area contributed by atoms with E-state index in [0.717, 1.165) is 49.4 Å². The second-order valence-electron chi connectivity index (χ2n) is 11.8. The van der Waals surface area contributed by atoms with Crippen molar-refractivity contribution in [3.8, 4) is 0 Å². The lowest BCUT2D eigenvalue weighted by atomic mass is 9.68. The van der Waals surface area contributed by atoms with Crippen molar-refractivity contribution in [3.63, 3.8) is 0 Å². The molecular formula is C30H54O2. The van der Waals surface area contributed by atoms with E-state index < -0.39 is 0 Å². The summed E-state index contributed by atoms with van der Waals surface area (Å²) < 4.78 is 6.02. The molecular weight excluding hydrogens is 392 g/mol. The minimum absolute atomic E-state index is 0.147. The van der Waals surface area contributed by atoms with Crippen LogP contribution in [-0.4, -0.2) is 12.1 Å². The van der Waals surface area contributed by atoms with Gasteiger partial charge in [-0.25, -0.2) is 0 Å². The molecule has 0 radical (unpaired) electrons. The van der Waals surface area contributed by atoms with E-state index in [1.165, 1.54) is 109 Å². The Kier molecular flexibility index (Phi) is 12.0. The Morgan fingerprint density at radius 3 is 1.62 bits per heavy atom. The molecule has 0 heterocycles. The van der Waals surface area contributed by atoms with Crippen LogP contribution in [0, 0.1) is 29.6 Å². The molecule has 0 aromatic heterocycles. The quantitative estimate of drug-likeness (QED) is 0.220. The van der Waals surface area contributed by atoms with E-state index in [2.05, 4.69) is 13.8 Å². The minimum Gasteiger partial charge on any atom is -0.462 e. The molecule has 0 aromatic rings. The van der Waals surface area contributed by atoms with Crippen molar-refractivity contribution in [2.75, 3.05) is 0 Å². The molecule has 0 unspecified atom stereocenters. The van der Waals surface area contributed by atoms with Crippen LogP contribution in [0.2, 0.25) is 0 Å². The number of unbranched alkanes of at least 4 members (excludes halogenated alkanes) is 5. The van der Waals surface area contributed by atoms with Crippen LogP contribution in [-0.2, 0) is 9.53 Å². The molecule has 2 nitrogen and oxygen atoms in total. The van der Waals surface area contributed by atoms with Crippen LogP contribution in [0.25, 0.3) is 0 Å². The maximum atomic E-state index is 12.8. The van der Waals surface area contributed by atoms with E-state index in [4.69, 9.17) is 4.74 Å². The number of carbonyl (C=O) groups excluding carboxylic acids is 1. The fourth-order valence-corrected chi connectivity index (χ4v) is 7.12. The van der Waals surface area contributed by atoms with Gasteiger partial charge in [-0.3, -0.25) is 4.79 Å². The topological polar surface area (TPSA) is 26.3 Å². The zero-order chi connectivity index (χ0) is 22.6. The highest BCUT2D eigenvalue weighted by atomic mass is 16.5. The fraction of sp³-hybridized carbons (Fsp3) is 0.967. The zero-order valence-corrected chi connectivity index (χ0v) is 21.6. The summed E-state index contributed by atoms with van der Waals surface area (Å²) in [6.07, 6.45) is 28.2. The van der Waals surface area contributed by atoms with Crippen LogP contribution in [0.15, 0.2) is 0 Å². The van der Waals surface area contributed by atoms with Gasteiger partial charge in [0.25, 0.3) is 0 Å². The van der Waals surface area contributed by atoms with Crippen LogP contribution < -0.4 is 0 Å². The molecule has 32 heavy (non-hydrogen) atoms. The predicted octanol–water partition coefficient (Wildman–Crippen LogP) is 9.25. The molecule has 3 aliphatic rings. The van der Waals surface area contributed by atoms with Crippen molar-refractivity contribution in [2.24, 2.45) is 29.6 Å². The molecule has 3 rings (SSSR count). The van der Waals surface area contributed by atoms with Crippen molar-refractivity contribution in [2.45, 2.75) is 155 Å². The lowest BCUT2D eigenvalue weighted by molar-refractivity contribution is -0.157. The second-order valence-corrected chi connectivity index (χ2v) is 11.8. The van der Waals surface area contributed by atoms with Gasteiger partial charge in [0.05, 0.1) is 5.92 Å². The first-order chi connectivity index (χ1) is 15.7. The molecule has 3 aliphatic carbocycles. The molecule has 0 atom stereocenters. The maximum absolute atomic E-state index is 12.8. The number of hydrogen-bond acceptors (Lipinski definition) is 2. The van der Waals surface area contributed by atoms with Gasteiger partial charge in [-0.1, -0.05) is 84.5 Å². The summed E-state index contributed by atoms with van der Waals surface area (Å²) in [6, 6.07) is 0. The van der Waals surface area contributed by atoms with Gasteiger partial charge in [0.15, 0.2) is 0 Å². The summed E-state index contributed by atoms with van der Waals surface area (Å²) in [5.74, 6) is 4.08. The predicted molar refractivity (Wildman–Crippen MR) is 136 cm³/mol. The van der Waals surface area contributed by atoms with Gasteiger partial charge in [-0.15, -0.1) is 0 Å². The number of esters is 1. The SMILES string of the molecule is CCCCCCC1CCC(C2CCC(C(=O)OC3CCC(CCCCC)CC3)CC2)CC1. The summed E-state index contributed by atoms with van der Waals surface area (Å²) in [6.45, 7) is 4.59. The van der Waals surface area contributed by atoms with E-state index >= 15 is 0 Å². The van der Waals surface area contributed by atoms with Crippen LogP contribution in [0.1, 0.15) is 149 Å². The van der Waals surface area contributed by atoms with Crippen molar-refractivity contribution in [1.29, 1.82) is 0 Å². The van der Waals surface area contributed by atoms with Gasteiger partial charge in [0, 0.05) is 0 Å². The van der Waals surface area contributed by atoms with Gasteiger partial charge in [-0.05, 0) is 87.9 Å². The van der Waals surface area contributed by atoms with E-state index in [1.54, 1.807) is 0 Å². The average Bonchev–Trinajstić information content (AvgIpc) is 2.84. The summed E-state index contributed by atoms with van der Waals surface area (Å²) >= 11 is 0. The average molecular weight is 447 g/mol. The first kappa shape index (κ1) is 26.1. The Labute approximate surface area is 200 Å². The van der Waals surface area contributed by atoms with E-state index in [1.807, 2.05) is 0 Å². The third-order valence-corrected chi connectivity index (χ3v) is 9.42. The molecule has 0 aromatic carbocycles. The summed E-state index contributed by atoms with van der Waals surface area (Å²) in [5.41, 5.74) is 0. The maximum Gasteiger partial charge on any atom is 0.309 e. The molecule has 0 spiro atoms. The lowest BCUT2D eigenvalue weighted by Gasteiger charge is -2.38. The second kappa shape index (κ2) is 14.7. The number of hydrogen-bond donors (Lipinski definition) is 0. The molecule has 0 aliphatic heterocycles. The Balaban J connectivity index is 1.27. The highest BCUT2D eigenvalue weighted by molar-refractivity contribution is 5.72. The van der Waals surface area contributed by atoms with Gasteiger partial charge in [0.2, 0.25) is 0 Å². The van der Waals surface area contributed by atoms with Gasteiger partial charge in [0.1, 0.15) is 6.10 Å². The Morgan fingerprint density at radius 1 is 0.594 bits per heavy atom. The van der Waals surface area contributed by atoms with Crippen LogP contribution in [0.3, 0.4) is 0 Å². The largest absolute Gasteiger partial charge is 0.462 e. The van der Waals surface area contributed by atoms with E-state index in [-0.39, 0.29) is 18.0 Å². The molecule has 0 saturated heterocycles. The fourth-order valence-electron chi connectivity index (χ4n) is 7.12. The smallest absolute Gasteiger partial charge is 0.309 e. The van der Waals surface area contributed by atoms with Crippen molar-refractivity contribution in [3.05, 3.63) is 0 Å². The van der Waals surface area contributed by atoms with Gasteiger partial charge in [-0.2, -0.15) is 0 Å². The van der Waals surface area contributed by atoms with Crippen LogP contribution in [0.4, 0.5) is 0 Å². The molecule has 0 amide bonds.